The monoisotopic (exact) mass is 400 g/mol. The molecule has 2 heterocycles. The number of hydrogen-bond acceptors (Lipinski definition) is 1. The van der Waals surface area contributed by atoms with Gasteiger partial charge in [-0.1, -0.05) is 37.5 Å². The predicted octanol–water partition coefficient (Wildman–Crippen LogP) is 6.51. The van der Waals surface area contributed by atoms with Gasteiger partial charge in [0.1, 0.15) is 5.69 Å². The maximum atomic E-state index is 12.8. The number of fused-ring (bicyclic) bond motifs is 3. The maximum absolute atomic E-state index is 12.8. The Morgan fingerprint density at radius 3 is 2.69 bits per heavy atom. The van der Waals surface area contributed by atoms with Gasteiger partial charge in [0, 0.05) is 29.3 Å². The van der Waals surface area contributed by atoms with E-state index in [-0.39, 0.29) is 0 Å². The van der Waals surface area contributed by atoms with Crippen LogP contribution in [0.2, 0.25) is 0 Å². The second kappa shape index (κ2) is 7.85. The summed E-state index contributed by atoms with van der Waals surface area (Å²) in [5, 5.41) is 1.35. The van der Waals surface area contributed by atoms with Crippen LogP contribution < -0.4 is 0 Å². The number of rotatable bonds is 5. The molecule has 1 atom stereocenters. The van der Waals surface area contributed by atoms with Crippen molar-refractivity contribution < 1.29 is 13.2 Å². The molecule has 0 radical (unpaired) electrons. The van der Waals surface area contributed by atoms with Crippen molar-refractivity contribution in [2.24, 2.45) is 5.92 Å². The molecule has 1 aromatic carbocycles. The SMILES string of the molecule is CCCC1CCc2c(n(CCc3ccc(C(F)(F)F)nc3)c3ccc(C)cc23)C1. The highest BCUT2D eigenvalue weighted by atomic mass is 19.4. The van der Waals surface area contributed by atoms with Crippen LogP contribution in [0.1, 0.15) is 54.3 Å². The maximum Gasteiger partial charge on any atom is 0.433 e. The van der Waals surface area contributed by atoms with Crippen molar-refractivity contribution in [2.45, 2.75) is 65.1 Å². The normalized spacial score (nSPS) is 16.9. The number of benzene rings is 1. The number of aromatic nitrogens is 2. The third-order valence-corrected chi connectivity index (χ3v) is 6.16. The highest BCUT2D eigenvalue weighted by molar-refractivity contribution is 5.86. The van der Waals surface area contributed by atoms with Gasteiger partial charge in [-0.05, 0) is 67.9 Å². The quantitative estimate of drug-likeness (QED) is 0.477. The van der Waals surface area contributed by atoms with Gasteiger partial charge in [0.2, 0.25) is 0 Å². The van der Waals surface area contributed by atoms with Crippen molar-refractivity contribution in [1.82, 2.24) is 9.55 Å². The highest BCUT2D eigenvalue weighted by Crippen LogP contribution is 2.36. The molecule has 2 nitrogen and oxygen atoms in total. The van der Waals surface area contributed by atoms with Gasteiger partial charge < -0.3 is 4.57 Å². The summed E-state index contributed by atoms with van der Waals surface area (Å²) < 4.78 is 40.7. The van der Waals surface area contributed by atoms with Crippen LogP contribution in [0.15, 0.2) is 36.5 Å². The minimum Gasteiger partial charge on any atom is -0.344 e. The summed E-state index contributed by atoms with van der Waals surface area (Å²) in [7, 11) is 0. The second-order valence-corrected chi connectivity index (χ2v) is 8.29. The largest absolute Gasteiger partial charge is 0.433 e. The molecule has 0 fully saturated rings. The zero-order valence-corrected chi connectivity index (χ0v) is 17.0. The van der Waals surface area contributed by atoms with E-state index in [1.54, 1.807) is 6.07 Å². The summed E-state index contributed by atoms with van der Waals surface area (Å²) in [6.45, 7) is 5.13. The molecule has 0 aliphatic heterocycles. The minimum atomic E-state index is -4.39. The molecule has 0 spiro atoms. The first-order chi connectivity index (χ1) is 13.9. The molecular weight excluding hydrogens is 373 g/mol. The van der Waals surface area contributed by atoms with Gasteiger partial charge in [0.25, 0.3) is 0 Å². The summed E-state index contributed by atoms with van der Waals surface area (Å²) in [6.07, 6.45) is 3.58. The van der Waals surface area contributed by atoms with E-state index in [4.69, 9.17) is 0 Å². The first kappa shape index (κ1) is 20.0. The molecule has 0 N–H and O–H groups in total. The Bertz CT molecular complexity index is 1000. The first-order valence-corrected chi connectivity index (χ1v) is 10.5. The lowest BCUT2D eigenvalue weighted by Gasteiger charge is -2.24. The molecule has 0 bridgehead atoms. The van der Waals surface area contributed by atoms with Gasteiger partial charge in [-0.2, -0.15) is 13.2 Å². The fourth-order valence-electron chi connectivity index (χ4n) is 4.72. The standard InChI is InChI=1S/C24H27F3N2/c1-3-4-17-6-8-19-20-13-16(2)5-9-21(20)29(22(19)14-17)12-11-18-7-10-23(28-15-18)24(25,26)27/h5,7,9-10,13,15,17H,3-4,6,8,11-12,14H2,1-2H3. The van der Waals surface area contributed by atoms with Crippen molar-refractivity contribution in [3.8, 4) is 0 Å². The van der Waals surface area contributed by atoms with Crippen molar-refractivity contribution in [3.05, 3.63) is 64.6 Å². The molecule has 4 rings (SSSR count). The van der Waals surface area contributed by atoms with Gasteiger partial charge in [-0.15, -0.1) is 0 Å². The van der Waals surface area contributed by atoms with E-state index in [9.17, 15) is 13.2 Å². The lowest BCUT2D eigenvalue weighted by molar-refractivity contribution is -0.141. The molecule has 3 aromatic rings. The molecule has 0 saturated heterocycles. The predicted molar refractivity (Wildman–Crippen MR) is 110 cm³/mol. The van der Waals surface area contributed by atoms with Crippen molar-refractivity contribution in [1.29, 1.82) is 0 Å². The zero-order chi connectivity index (χ0) is 20.6. The molecule has 0 amide bonds. The number of hydrogen-bond donors (Lipinski definition) is 0. The van der Waals surface area contributed by atoms with Crippen molar-refractivity contribution >= 4 is 10.9 Å². The van der Waals surface area contributed by atoms with E-state index in [2.05, 4.69) is 41.6 Å². The van der Waals surface area contributed by atoms with E-state index in [0.717, 1.165) is 36.9 Å². The summed E-state index contributed by atoms with van der Waals surface area (Å²) in [6, 6.07) is 9.26. The second-order valence-electron chi connectivity index (χ2n) is 8.29. The Labute approximate surface area is 169 Å². The molecule has 1 aliphatic carbocycles. The van der Waals surface area contributed by atoms with Gasteiger partial charge in [-0.3, -0.25) is 4.98 Å². The van der Waals surface area contributed by atoms with Gasteiger partial charge >= 0.3 is 6.18 Å². The average molecular weight is 400 g/mol. The summed E-state index contributed by atoms with van der Waals surface area (Å²) in [5.74, 6) is 0.726. The lowest BCUT2D eigenvalue weighted by atomic mass is 9.84. The summed E-state index contributed by atoms with van der Waals surface area (Å²) in [4.78, 5) is 3.61. The molecule has 1 unspecified atom stereocenters. The Kier molecular flexibility index (Phi) is 5.41. The van der Waals surface area contributed by atoms with Crippen LogP contribution in [0.3, 0.4) is 0 Å². The fourth-order valence-corrected chi connectivity index (χ4v) is 4.72. The van der Waals surface area contributed by atoms with Crippen LogP contribution in [-0.4, -0.2) is 9.55 Å². The third kappa shape index (κ3) is 4.05. The van der Waals surface area contributed by atoms with E-state index in [1.807, 2.05) is 0 Å². The molecule has 5 heteroatoms. The summed E-state index contributed by atoms with van der Waals surface area (Å²) in [5.41, 5.74) is 5.42. The number of alkyl halides is 3. The number of halogens is 3. The molecule has 154 valence electrons. The highest BCUT2D eigenvalue weighted by Gasteiger charge is 2.32. The Morgan fingerprint density at radius 1 is 1.17 bits per heavy atom. The number of nitrogens with zero attached hydrogens (tertiary/aromatic N) is 2. The molecule has 0 saturated carbocycles. The molecule has 2 aromatic heterocycles. The van der Waals surface area contributed by atoms with Crippen LogP contribution in [0.5, 0.6) is 0 Å². The van der Waals surface area contributed by atoms with E-state index < -0.39 is 11.9 Å². The van der Waals surface area contributed by atoms with Crippen molar-refractivity contribution in [3.63, 3.8) is 0 Å². The topological polar surface area (TPSA) is 17.8 Å². The van der Waals surface area contributed by atoms with Gasteiger partial charge in [0.05, 0.1) is 0 Å². The van der Waals surface area contributed by atoms with Gasteiger partial charge in [-0.25, -0.2) is 0 Å². The molecule has 1 aliphatic rings. The number of aryl methyl sites for hydroxylation is 4. The van der Waals surface area contributed by atoms with Crippen LogP contribution in [0, 0.1) is 12.8 Å². The Balaban J connectivity index is 1.64. The average Bonchev–Trinajstić information content (AvgIpc) is 2.98. The van der Waals surface area contributed by atoms with Crippen LogP contribution in [0.4, 0.5) is 13.2 Å². The molecular formula is C24H27F3N2. The fraction of sp³-hybridized carbons (Fsp3) is 0.458. The van der Waals surface area contributed by atoms with E-state index >= 15 is 0 Å². The first-order valence-electron chi connectivity index (χ1n) is 10.5. The van der Waals surface area contributed by atoms with Gasteiger partial charge in [0.15, 0.2) is 0 Å². The number of pyridine rings is 1. The zero-order valence-electron chi connectivity index (χ0n) is 17.0. The lowest BCUT2D eigenvalue weighted by Crippen LogP contribution is -2.17. The Morgan fingerprint density at radius 2 is 2.00 bits per heavy atom. The van der Waals surface area contributed by atoms with Crippen LogP contribution in [0.25, 0.3) is 10.9 Å². The van der Waals surface area contributed by atoms with Crippen LogP contribution in [-0.2, 0) is 32.0 Å². The van der Waals surface area contributed by atoms with Crippen LogP contribution >= 0.6 is 0 Å². The van der Waals surface area contributed by atoms with E-state index in [0.29, 0.717) is 6.42 Å². The molecule has 29 heavy (non-hydrogen) atoms. The Hall–Kier alpha value is -2.30. The minimum absolute atomic E-state index is 0.674. The smallest absolute Gasteiger partial charge is 0.344 e. The van der Waals surface area contributed by atoms with Crippen molar-refractivity contribution in [2.75, 3.05) is 0 Å². The summed E-state index contributed by atoms with van der Waals surface area (Å²) >= 11 is 0. The van der Waals surface area contributed by atoms with E-state index in [1.165, 1.54) is 53.2 Å². The third-order valence-electron chi connectivity index (χ3n) is 6.16.